The Kier molecular flexibility index (Phi) is 1.90. The fourth-order valence-electron chi connectivity index (χ4n) is 1.02. The second-order valence-electron chi connectivity index (χ2n) is 2.45. The molecular weight excluding hydrogens is 190 g/mol. The zero-order chi connectivity index (χ0) is 9.26. The van der Waals surface area contributed by atoms with Crippen molar-refractivity contribution in [3.8, 4) is 5.82 Å². The Morgan fingerprint density at radius 3 is 2.85 bits per heavy atom. The molecule has 2 aromatic rings. The van der Waals surface area contributed by atoms with E-state index in [0.717, 1.165) is 0 Å². The lowest BCUT2D eigenvalue weighted by molar-refractivity contribution is 0.819. The second-order valence-corrected chi connectivity index (χ2v) is 2.84. The van der Waals surface area contributed by atoms with Gasteiger partial charge in [-0.3, -0.25) is 9.89 Å². The van der Waals surface area contributed by atoms with Gasteiger partial charge in [0.25, 0.3) is 5.56 Å². The molecule has 0 saturated heterocycles. The Balaban J connectivity index is 2.59. The van der Waals surface area contributed by atoms with E-state index < -0.39 is 0 Å². The molecule has 0 aromatic carbocycles. The van der Waals surface area contributed by atoms with Crippen molar-refractivity contribution in [1.29, 1.82) is 0 Å². The lowest BCUT2D eigenvalue weighted by Crippen LogP contribution is -2.14. The van der Waals surface area contributed by atoms with Crippen molar-refractivity contribution in [2.75, 3.05) is 0 Å². The van der Waals surface area contributed by atoms with Gasteiger partial charge in [-0.2, -0.15) is 0 Å². The third-order valence-electron chi connectivity index (χ3n) is 1.58. The highest BCUT2D eigenvalue weighted by Crippen LogP contribution is 2.06. The fraction of sp³-hybridized carbons (Fsp3) is 0. The molecular formula is C8H6ClN3O. The van der Waals surface area contributed by atoms with Gasteiger partial charge in [0.1, 0.15) is 5.15 Å². The highest BCUT2D eigenvalue weighted by atomic mass is 35.5. The number of aromatic amines is 1. The van der Waals surface area contributed by atoms with Crippen molar-refractivity contribution in [1.82, 2.24) is 14.8 Å². The predicted molar refractivity (Wildman–Crippen MR) is 49.2 cm³/mol. The Morgan fingerprint density at radius 2 is 2.23 bits per heavy atom. The minimum absolute atomic E-state index is 0.158. The van der Waals surface area contributed by atoms with Crippen molar-refractivity contribution >= 4 is 11.6 Å². The summed E-state index contributed by atoms with van der Waals surface area (Å²) in [6, 6.07) is 6.50. The summed E-state index contributed by atoms with van der Waals surface area (Å²) in [6.07, 6.45) is 1.55. The largest absolute Gasteiger partial charge is 0.297 e. The van der Waals surface area contributed by atoms with Gasteiger partial charge >= 0.3 is 0 Å². The van der Waals surface area contributed by atoms with Crippen LogP contribution in [-0.4, -0.2) is 14.8 Å². The van der Waals surface area contributed by atoms with Crippen LogP contribution in [0.4, 0.5) is 0 Å². The minimum atomic E-state index is -0.158. The van der Waals surface area contributed by atoms with Crippen molar-refractivity contribution < 1.29 is 0 Å². The molecule has 2 heterocycles. The number of aromatic nitrogens is 3. The van der Waals surface area contributed by atoms with Crippen LogP contribution >= 0.6 is 11.6 Å². The van der Waals surface area contributed by atoms with E-state index in [-0.39, 0.29) is 5.56 Å². The smallest absolute Gasteiger partial charge is 0.272 e. The molecule has 4 nitrogen and oxygen atoms in total. The Hall–Kier alpha value is -1.55. The molecule has 0 saturated carbocycles. The minimum Gasteiger partial charge on any atom is -0.297 e. The lowest BCUT2D eigenvalue weighted by Gasteiger charge is -1.99. The zero-order valence-electron chi connectivity index (χ0n) is 6.57. The molecule has 0 unspecified atom stereocenters. The summed E-state index contributed by atoms with van der Waals surface area (Å²) < 4.78 is 1.31. The maximum absolute atomic E-state index is 11.2. The standard InChI is InChI=1S/C8H6ClN3O/c9-6-2-1-3-7(11-6)12-8(13)4-5-10-12/h1-5,10H. The van der Waals surface area contributed by atoms with Gasteiger partial charge in [-0.25, -0.2) is 9.67 Å². The summed E-state index contributed by atoms with van der Waals surface area (Å²) in [4.78, 5) is 15.2. The molecule has 1 N–H and O–H groups in total. The molecule has 0 radical (unpaired) electrons. The highest BCUT2D eigenvalue weighted by Gasteiger charge is 2.00. The second kappa shape index (κ2) is 3.06. The lowest BCUT2D eigenvalue weighted by atomic mass is 10.5. The fourth-order valence-corrected chi connectivity index (χ4v) is 1.18. The molecule has 0 fully saturated rings. The van der Waals surface area contributed by atoms with E-state index >= 15 is 0 Å². The van der Waals surface area contributed by atoms with Crippen molar-refractivity contribution in [2.45, 2.75) is 0 Å². The first kappa shape index (κ1) is 8.07. The first-order chi connectivity index (χ1) is 6.27. The summed E-state index contributed by atoms with van der Waals surface area (Å²) in [5.41, 5.74) is -0.158. The van der Waals surface area contributed by atoms with Crippen LogP contribution in [-0.2, 0) is 0 Å². The quantitative estimate of drug-likeness (QED) is 0.696. The summed E-state index contributed by atoms with van der Waals surface area (Å²) in [6.45, 7) is 0. The summed E-state index contributed by atoms with van der Waals surface area (Å²) in [7, 11) is 0. The van der Waals surface area contributed by atoms with Gasteiger partial charge in [0.2, 0.25) is 0 Å². The van der Waals surface area contributed by atoms with E-state index in [0.29, 0.717) is 11.0 Å². The van der Waals surface area contributed by atoms with Crippen LogP contribution in [0.2, 0.25) is 5.15 Å². The topological polar surface area (TPSA) is 50.7 Å². The number of nitrogens with zero attached hydrogens (tertiary/aromatic N) is 2. The molecule has 0 amide bonds. The van der Waals surface area contributed by atoms with E-state index in [4.69, 9.17) is 11.6 Å². The van der Waals surface area contributed by atoms with Crippen LogP contribution in [0.1, 0.15) is 0 Å². The summed E-state index contributed by atoms with van der Waals surface area (Å²) in [5, 5.41) is 3.09. The van der Waals surface area contributed by atoms with Crippen LogP contribution in [0.25, 0.3) is 5.82 Å². The number of hydrogen-bond acceptors (Lipinski definition) is 2. The zero-order valence-corrected chi connectivity index (χ0v) is 7.32. The first-order valence-electron chi connectivity index (χ1n) is 3.67. The molecule has 5 heteroatoms. The van der Waals surface area contributed by atoms with Gasteiger partial charge in [0.15, 0.2) is 5.82 Å². The maximum Gasteiger partial charge on any atom is 0.272 e. The van der Waals surface area contributed by atoms with E-state index in [1.807, 2.05) is 0 Å². The van der Waals surface area contributed by atoms with E-state index in [2.05, 4.69) is 10.1 Å². The van der Waals surface area contributed by atoms with Crippen molar-refractivity contribution in [2.24, 2.45) is 0 Å². The van der Waals surface area contributed by atoms with Gasteiger partial charge in [-0.1, -0.05) is 17.7 Å². The SMILES string of the molecule is O=c1cc[nH]n1-c1cccc(Cl)n1. The third kappa shape index (κ3) is 1.48. The van der Waals surface area contributed by atoms with Gasteiger partial charge < -0.3 is 0 Å². The van der Waals surface area contributed by atoms with Crippen LogP contribution in [0, 0.1) is 0 Å². The van der Waals surface area contributed by atoms with Gasteiger partial charge in [-0.15, -0.1) is 0 Å². The van der Waals surface area contributed by atoms with Crippen LogP contribution in [0.5, 0.6) is 0 Å². The normalized spacial score (nSPS) is 10.2. The van der Waals surface area contributed by atoms with Crippen LogP contribution in [0.15, 0.2) is 35.3 Å². The number of halogens is 1. The van der Waals surface area contributed by atoms with Crippen molar-refractivity contribution in [3.63, 3.8) is 0 Å². The average Bonchev–Trinajstić information content (AvgIpc) is 2.51. The molecule has 66 valence electrons. The molecule has 13 heavy (non-hydrogen) atoms. The number of nitrogens with one attached hydrogen (secondary N) is 1. The van der Waals surface area contributed by atoms with Gasteiger partial charge in [0, 0.05) is 12.3 Å². The van der Waals surface area contributed by atoms with E-state index in [1.165, 1.54) is 10.7 Å². The number of H-pyrrole nitrogens is 1. The Labute approximate surface area is 78.8 Å². The monoisotopic (exact) mass is 195 g/mol. The molecule has 0 aliphatic heterocycles. The molecule has 0 atom stereocenters. The molecule has 0 aliphatic rings. The first-order valence-corrected chi connectivity index (χ1v) is 4.04. The summed E-state index contributed by atoms with van der Waals surface area (Å²) in [5.74, 6) is 0.488. The van der Waals surface area contributed by atoms with Gasteiger partial charge in [0.05, 0.1) is 0 Å². The van der Waals surface area contributed by atoms with Crippen LogP contribution < -0.4 is 5.56 Å². The third-order valence-corrected chi connectivity index (χ3v) is 1.79. The maximum atomic E-state index is 11.2. The number of hydrogen-bond donors (Lipinski definition) is 1. The molecule has 2 aromatic heterocycles. The summed E-state index contributed by atoms with van der Waals surface area (Å²) >= 11 is 5.67. The molecule has 2 rings (SSSR count). The predicted octanol–water partition coefficient (Wildman–Crippen LogP) is 1.21. The number of rotatable bonds is 1. The molecule has 0 bridgehead atoms. The highest BCUT2D eigenvalue weighted by molar-refractivity contribution is 6.29. The van der Waals surface area contributed by atoms with Crippen molar-refractivity contribution in [3.05, 3.63) is 46.0 Å². The Bertz CT molecular complexity index is 474. The van der Waals surface area contributed by atoms with E-state index in [1.54, 1.807) is 24.4 Å². The number of pyridine rings is 1. The van der Waals surface area contributed by atoms with Crippen LogP contribution in [0.3, 0.4) is 0 Å². The molecule has 0 aliphatic carbocycles. The Morgan fingerprint density at radius 1 is 1.38 bits per heavy atom. The average molecular weight is 196 g/mol. The van der Waals surface area contributed by atoms with Gasteiger partial charge in [-0.05, 0) is 12.1 Å². The molecule has 0 spiro atoms. The van der Waals surface area contributed by atoms with E-state index in [9.17, 15) is 4.79 Å².